The molecular weight excluding hydrogens is 334 g/mol. The molecule has 0 amide bonds. The molecule has 138 valence electrons. The third-order valence-corrected chi connectivity index (χ3v) is 4.81. The minimum Gasteiger partial charge on any atom is -0.477 e. The molecule has 1 fully saturated rings. The van der Waals surface area contributed by atoms with Gasteiger partial charge in [0, 0.05) is 6.54 Å². The molecule has 0 saturated carbocycles. The second kappa shape index (κ2) is 7.29. The number of carboxylic acids is 1. The van der Waals surface area contributed by atoms with E-state index in [1.807, 2.05) is 17.0 Å². The van der Waals surface area contributed by atoms with Crippen molar-refractivity contribution in [1.29, 1.82) is 0 Å². The highest BCUT2D eigenvalue weighted by Gasteiger charge is 2.23. The number of benzene rings is 1. The van der Waals surface area contributed by atoms with E-state index in [0.717, 1.165) is 36.1 Å². The van der Waals surface area contributed by atoms with Crippen LogP contribution >= 0.6 is 0 Å². The maximum atomic E-state index is 13.0. The fraction of sp³-hybridized carbons (Fsp3) is 0.421. The Kier molecular flexibility index (Phi) is 5.08. The molecule has 7 nitrogen and oxygen atoms in total. The topological polar surface area (TPSA) is 95.4 Å². The molecule has 1 aliphatic heterocycles. The van der Waals surface area contributed by atoms with Crippen LogP contribution in [-0.2, 0) is 6.54 Å². The van der Waals surface area contributed by atoms with Crippen LogP contribution in [-0.4, -0.2) is 38.6 Å². The van der Waals surface area contributed by atoms with Crippen LogP contribution in [0.2, 0.25) is 0 Å². The van der Waals surface area contributed by atoms with Crippen molar-refractivity contribution in [2.24, 2.45) is 0 Å². The molecule has 0 spiro atoms. The average molecular weight is 357 g/mol. The predicted molar refractivity (Wildman–Crippen MR) is 98.2 cm³/mol. The van der Waals surface area contributed by atoms with E-state index in [0.29, 0.717) is 11.6 Å². The first kappa shape index (κ1) is 18.1. The summed E-state index contributed by atoms with van der Waals surface area (Å²) in [6, 6.07) is 7.17. The highest BCUT2D eigenvalue weighted by molar-refractivity contribution is 5.86. The van der Waals surface area contributed by atoms with Crippen molar-refractivity contribution >= 4 is 5.97 Å². The molecule has 0 bridgehead atoms. The van der Waals surface area contributed by atoms with Crippen molar-refractivity contribution in [2.45, 2.75) is 39.2 Å². The molecule has 1 saturated heterocycles. The van der Waals surface area contributed by atoms with Crippen molar-refractivity contribution in [3.63, 3.8) is 0 Å². The molecule has 0 aliphatic carbocycles. The summed E-state index contributed by atoms with van der Waals surface area (Å²) in [6.07, 6.45) is 2.05. The van der Waals surface area contributed by atoms with E-state index in [9.17, 15) is 19.5 Å². The van der Waals surface area contributed by atoms with Gasteiger partial charge in [0.05, 0.1) is 11.3 Å². The van der Waals surface area contributed by atoms with Crippen LogP contribution in [0.5, 0.6) is 0 Å². The molecule has 2 aromatic rings. The zero-order valence-electron chi connectivity index (χ0n) is 15.0. The molecular formula is C19H23N3O4. The Hall–Kier alpha value is -2.67. The van der Waals surface area contributed by atoms with Crippen LogP contribution in [0.15, 0.2) is 33.9 Å². The van der Waals surface area contributed by atoms with Crippen LogP contribution < -0.4 is 11.2 Å². The second-order valence-electron chi connectivity index (χ2n) is 6.96. The molecule has 0 radical (unpaired) electrons. The van der Waals surface area contributed by atoms with E-state index in [2.05, 4.69) is 18.8 Å². The SMILES string of the molecule is CC(C)c1ccc(-n2c(=O)[nH]c(C(=O)O)c(CN3CCCC3)c2=O)cc1. The summed E-state index contributed by atoms with van der Waals surface area (Å²) in [5.41, 5.74) is 0.0111. The van der Waals surface area contributed by atoms with Gasteiger partial charge >= 0.3 is 11.7 Å². The van der Waals surface area contributed by atoms with Gasteiger partial charge in [-0.25, -0.2) is 14.2 Å². The normalized spacial score (nSPS) is 14.9. The molecule has 3 rings (SSSR count). The Morgan fingerprint density at radius 1 is 1.15 bits per heavy atom. The van der Waals surface area contributed by atoms with Gasteiger partial charge in [0.2, 0.25) is 0 Å². The Bertz CT molecular complexity index is 919. The molecule has 2 heterocycles. The Morgan fingerprint density at radius 2 is 1.77 bits per heavy atom. The minimum atomic E-state index is -1.30. The number of aromatic nitrogens is 2. The predicted octanol–water partition coefficient (Wildman–Crippen LogP) is 1.94. The lowest BCUT2D eigenvalue weighted by molar-refractivity contribution is 0.0687. The number of aromatic carboxylic acids is 1. The van der Waals surface area contributed by atoms with Crippen molar-refractivity contribution in [3.8, 4) is 5.69 Å². The molecule has 2 N–H and O–H groups in total. The van der Waals surface area contributed by atoms with Gasteiger partial charge in [-0.1, -0.05) is 26.0 Å². The smallest absolute Gasteiger partial charge is 0.352 e. The molecule has 26 heavy (non-hydrogen) atoms. The number of hydrogen-bond acceptors (Lipinski definition) is 4. The maximum Gasteiger partial charge on any atom is 0.352 e. The van der Waals surface area contributed by atoms with E-state index in [1.54, 1.807) is 12.1 Å². The van der Waals surface area contributed by atoms with Crippen LogP contribution in [0.4, 0.5) is 0 Å². The van der Waals surface area contributed by atoms with Crippen LogP contribution in [0.3, 0.4) is 0 Å². The van der Waals surface area contributed by atoms with Gasteiger partial charge in [0.1, 0.15) is 5.69 Å². The third kappa shape index (κ3) is 3.48. The Balaban J connectivity index is 2.12. The number of nitrogens with one attached hydrogen (secondary N) is 1. The first-order valence-electron chi connectivity index (χ1n) is 8.82. The number of carboxylic acid groups (broad SMARTS) is 1. The average Bonchev–Trinajstić information content (AvgIpc) is 3.10. The number of rotatable bonds is 5. The Labute approximate surface area is 150 Å². The monoisotopic (exact) mass is 357 g/mol. The van der Waals surface area contributed by atoms with Crippen LogP contribution in [0.25, 0.3) is 5.69 Å². The first-order chi connectivity index (χ1) is 12.4. The molecule has 1 aliphatic rings. The molecule has 7 heteroatoms. The molecule has 0 atom stereocenters. The first-order valence-corrected chi connectivity index (χ1v) is 8.82. The minimum absolute atomic E-state index is 0.118. The zero-order chi connectivity index (χ0) is 18.8. The highest BCUT2D eigenvalue weighted by atomic mass is 16.4. The van der Waals surface area contributed by atoms with Crippen molar-refractivity contribution in [1.82, 2.24) is 14.5 Å². The van der Waals surface area contributed by atoms with Gasteiger partial charge in [-0.05, 0) is 49.5 Å². The van der Waals surface area contributed by atoms with E-state index in [4.69, 9.17) is 0 Å². The Morgan fingerprint density at radius 3 is 2.31 bits per heavy atom. The molecule has 0 unspecified atom stereocenters. The van der Waals surface area contributed by atoms with E-state index in [1.165, 1.54) is 0 Å². The summed E-state index contributed by atoms with van der Waals surface area (Å²) in [7, 11) is 0. The van der Waals surface area contributed by atoms with Gasteiger partial charge in [-0.3, -0.25) is 9.69 Å². The summed E-state index contributed by atoms with van der Waals surface area (Å²) >= 11 is 0. The van der Waals surface area contributed by atoms with Gasteiger partial charge < -0.3 is 10.1 Å². The summed E-state index contributed by atoms with van der Waals surface area (Å²) in [5.74, 6) is -0.963. The lowest BCUT2D eigenvalue weighted by Gasteiger charge is -2.17. The molecule has 1 aromatic carbocycles. The fourth-order valence-electron chi connectivity index (χ4n) is 3.31. The van der Waals surface area contributed by atoms with Crippen LogP contribution in [0.1, 0.15) is 54.2 Å². The number of aromatic amines is 1. The van der Waals surface area contributed by atoms with Gasteiger partial charge in [-0.15, -0.1) is 0 Å². The number of carbonyl (C=O) groups is 1. The van der Waals surface area contributed by atoms with E-state index in [-0.39, 0.29) is 17.8 Å². The molecule has 1 aromatic heterocycles. The summed E-state index contributed by atoms with van der Waals surface area (Å²) in [5, 5.41) is 9.41. The van der Waals surface area contributed by atoms with Gasteiger partial charge in [0.15, 0.2) is 0 Å². The van der Waals surface area contributed by atoms with Crippen molar-refractivity contribution in [3.05, 3.63) is 61.9 Å². The number of H-pyrrole nitrogens is 1. The van der Waals surface area contributed by atoms with Gasteiger partial charge in [-0.2, -0.15) is 0 Å². The van der Waals surface area contributed by atoms with Gasteiger partial charge in [0.25, 0.3) is 5.56 Å². The zero-order valence-corrected chi connectivity index (χ0v) is 15.0. The quantitative estimate of drug-likeness (QED) is 0.853. The standard InChI is InChI=1S/C19H23N3O4/c1-12(2)13-5-7-14(8-6-13)22-17(23)15(11-21-9-3-4-10-21)16(18(24)25)20-19(22)26/h5-8,12H,3-4,9-11H2,1-2H3,(H,20,26)(H,24,25). The van der Waals surface area contributed by atoms with Crippen LogP contribution in [0, 0.1) is 0 Å². The number of likely N-dealkylation sites (tertiary alicyclic amines) is 1. The summed E-state index contributed by atoms with van der Waals surface area (Å²) in [4.78, 5) is 41.3. The number of hydrogen-bond donors (Lipinski definition) is 2. The largest absolute Gasteiger partial charge is 0.477 e. The lowest BCUT2D eigenvalue weighted by atomic mass is 10.0. The maximum absolute atomic E-state index is 13.0. The summed E-state index contributed by atoms with van der Waals surface area (Å²) in [6.45, 7) is 5.98. The number of nitrogens with zero attached hydrogens (tertiary/aromatic N) is 2. The van der Waals surface area contributed by atoms with Crippen molar-refractivity contribution < 1.29 is 9.90 Å². The highest BCUT2D eigenvalue weighted by Crippen LogP contribution is 2.16. The fourth-order valence-corrected chi connectivity index (χ4v) is 3.31. The van der Waals surface area contributed by atoms with Crippen molar-refractivity contribution in [2.75, 3.05) is 13.1 Å². The second-order valence-corrected chi connectivity index (χ2v) is 6.96. The van der Waals surface area contributed by atoms with E-state index >= 15 is 0 Å². The van der Waals surface area contributed by atoms with E-state index < -0.39 is 17.2 Å². The third-order valence-electron chi connectivity index (χ3n) is 4.81. The lowest BCUT2D eigenvalue weighted by Crippen LogP contribution is -2.40. The summed E-state index contributed by atoms with van der Waals surface area (Å²) < 4.78 is 1.02.